The van der Waals surface area contributed by atoms with Crippen molar-refractivity contribution >= 4 is 29.1 Å². The Morgan fingerprint density at radius 3 is 2.17 bits per heavy atom. The predicted octanol–water partition coefficient (Wildman–Crippen LogP) is 5.25. The molecule has 1 aliphatic heterocycles. The van der Waals surface area contributed by atoms with Crippen LogP contribution in [0.3, 0.4) is 0 Å². The van der Waals surface area contributed by atoms with Crippen molar-refractivity contribution in [1.82, 2.24) is 4.90 Å². The molecule has 0 atom stereocenters. The predicted molar refractivity (Wildman–Crippen MR) is 117 cm³/mol. The van der Waals surface area contributed by atoms with Crippen molar-refractivity contribution < 1.29 is 14.0 Å². The van der Waals surface area contributed by atoms with Gasteiger partial charge in [-0.05, 0) is 48.7 Å². The second-order valence-corrected chi connectivity index (χ2v) is 8.21. The largest absolute Gasteiger partial charge is 0.274 e. The molecule has 0 fully saturated rings. The van der Waals surface area contributed by atoms with Crippen LogP contribution in [0.25, 0.3) is 5.57 Å². The average Bonchev–Trinajstić information content (AvgIpc) is 2.98. The molecular formula is C25H20FNO2S. The van der Waals surface area contributed by atoms with E-state index in [2.05, 4.69) is 0 Å². The second-order valence-electron chi connectivity index (χ2n) is 7.12. The van der Waals surface area contributed by atoms with Gasteiger partial charge in [0.25, 0.3) is 11.8 Å². The van der Waals surface area contributed by atoms with Gasteiger partial charge < -0.3 is 0 Å². The Hall–Kier alpha value is -3.18. The van der Waals surface area contributed by atoms with Crippen molar-refractivity contribution in [3.8, 4) is 0 Å². The number of carbonyl (C=O) groups excluding carboxylic acids is 2. The highest BCUT2D eigenvalue weighted by Crippen LogP contribution is 2.39. The molecule has 3 aromatic carbocycles. The van der Waals surface area contributed by atoms with Crippen molar-refractivity contribution in [1.29, 1.82) is 0 Å². The van der Waals surface area contributed by atoms with Gasteiger partial charge in [-0.15, -0.1) is 0 Å². The van der Waals surface area contributed by atoms with Crippen LogP contribution < -0.4 is 0 Å². The summed E-state index contributed by atoms with van der Waals surface area (Å²) in [6, 6.07) is 23.3. The van der Waals surface area contributed by atoms with Crippen molar-refractivity contribution in [3.05, 3.63) is 106 Å². The summed E-state index contributed by atoms with van der Waals surface area (Å²) in [5.41, 5.74) is 3.13. The van der Waals surface area contributed by atoms with E-state index in [1.54, 1.807) is 12.1 Å². The number of hydrogen-bond donors (Lipinski definition) is 0. The first-order valence-electron chi connectivity index (χ1n) is 9.68. The summed E-state index contributed by atoms with van der Waals surface area (Å²) in [6.45, 7) is 2.23. The van der Waals surface area contributed by atoms with Crippen molar-refractivity contribution in [2.24, 2.45) is 0 Å². The second kappa shape index (κ2) is 8.67. The minimum absolute atomic E-state index is 0.248. The lowest BCUT2D eigenvalue weighted by Gasteiger charge is -2.15. The third kappa shape index (κ3) is 4.21. The maximum atomic E-state index is 13.3. The molecule has 0 aromatic heterocycles. The zero-order valence-corrected chi connectivity index (χ0v) is 17.3. The van der Waals surface area contributed by atoms with Crippen molar-refractivity contribution in [3.63, 3.8) is 0 Å². The molecule has 30 heavy (non-hydrogen) atoms. The quantitative estimate of drug-likeness (QED) is 0.514. The van der Waals surface area contributed by atoms with E-state index < -0.39 is 0 Å². The highest BCUT2D eigenvalue weighted by molar-refractivity contribution is 8.04. The Morgan fingerprint density at radius 1 is 0.833 bits per heavy atom. The molecule has 1 aliphatic rings. The number of carbonyl (C=O) groups is 2. The van der Waals surface area contributed by atoms with E-state index in [1.165, 1.54) is 28.8 Å². The van der Waals surface area contributed by atoms with Gasteiger partial charge in [0.05, 0.1) is 10.5 Å². The highest BCUT2D eigenvalue weighted by atomic mass is 32.2. The van der Waals surface area contributed by atoms with E-state index in [0.29, 0.717) is 16.9 Å². The topological polar surface area (TPSA) is 37.4 Å². The molecule has 3 nitrogen and oxygen atoms in total. The van der Waals surface area contributed by atoms with Gasteiger partial charge in [-0.3, -0.25) is 14.5 Å². The molecule has 2 amide bonds. The van der Waals surface area contributed by atoms with Crippen LogP contribution in [0.4, 0.5) is 4.39 Å². The number of rotatable bonds is 6. The number of amides is 2. The minimum Gasteiger partial charge on any atom is -0.274 e. The summed E-state index contributed by atoms with van der Waals surface area (Å²) in [4.78, 5) is 29.1. The highest BCUT2D eigenvalue weighted by Gasteiger charge is 2.39. The fourth-order valence-corrected chi connectivity index (χ4v) is 4.36. The Morgan fingerprint density at radius 2 is 1.50 bits per heavy atom. The lowest BCUT2D eigenvalue weighted by molar-refractivity contribution is -0.136. The molecule has 3 aromatic rings. The molecule has 0 spiro atoms. The average molecular weight is 418 g/mol. The molecule has 0 radical (unpaired) electrons. The lowest BCUT2D eigenvalue weighted by atomic mass is 10.0. The van der Waals surface area contributed by atoms with E-state index in [0.717, 1.165) is 21.6 Å². The van der Waals surface area contributed by atoms with Crippen LogP contribution >= 0.6 is 11.8 Å². The molecular weight excluding hydrogens is 397 g/mol. The molecule has 0 N–H and O–H groups in total. The lowest BCUT2D eigenvalue weighted by Crippen LogP contribution is -2.33. The first-order chi connectivity index (χ1) is 14.5. The smallest absolute Gasteiger partial charge is 0.268 e. The molecule has 5 heteroatoms. The van der Waals surface area contributed by atoms with E-state index >= 15 is 0 Å². The Kier molecular flexibility index (Phi) is 5.81. The van der Waals surface area contributed by atoms with Gasteiger partial charge in [0.1, 0.15) is 5.82 Å². The SMILES string of the molecule is Cc1ccc(C2=C(Sc3ccccc3)C(=O)N(CCc3ccc(F)cc3)C2=O)cc1. The minimum atomic E-state index is -0.308. The third-order valence-corrected chi connectivity index (χ3v) is 6.06. The van der Waals surface area contributed by atoms with Gasteiger partial charge in [-0.25, -0.2) is 4.39 Å². The molecule has 0 aliphatic carbocycles. The maximum absolute atomic E-state index is 13.3. The molecule has 0 saturated carbocycles. The molecule has 4 rings (SSSR count). The number of nitrogens with zero attached hydrogens (tertiary/aromatic N) is 1. The normalized spacial score (nSPS) is 14.0. The van der Waals surface area contributed by atoms with Gasteiger partial charge in [0.15, 0.2) is 0 Å². The van der Waals surface area contributed by atoms with Gasteiger partial charge >= 0.3 is 0 Å². The zero-order chi connectivity index (χ0) is 21.1. The first kappa shape index (κ1) is 20.1. The summed E-state index contributed by atoms with van der Waals surface area (Å²) in [5.74, 6) is -0.882. The number of imide groups is 1. The number of halogens is 1. The van der Waals surface area contributed by atoms with Gasteiger partial charge in [-0.2, -0.15) is 0 Å². The molecule has 0 unspecified atom stereocenters. The van der Waals surface area contributed by atoms with E-state index in [4.69, 9.17) is 0 Å². The van der Waals surface area contributed by atoms with Crippen LogP contribution in [0.2, 0.25) is 0 Å². The number of hydrogen-bond acceptors (Lipinski definition) is 3. The molecule has 0 saturated heterocycles. The standard InChI is InChI=1S/C25H20FNO2S/c1-17-7-11-19(12-8-17)22-23(30-21-5-3-2-4-6-21)25(29)27(24(22)28)16-15-18-9-13-20(26)14-10-18/h2-14H,15-16H2,1H3. The van der Waals surface area contributed by atoms with Crippen LogP contribution in [0, 0.1) is 12.7 Å². The van der Waals surface area contributed by atoms with Crippen LogP contribution in [-0.2, 0) is 16.0 Å². The van der Waals surface area contributed by atoms with Crippen molar-refractivity contribution in [2.45, 2.75) is 18.2 Å². The fraction of sp³-hybridized carbons (Fsp3) is 0.120. The number of thioether (sulfide) groups is 1. The van der Waals surface area contributed by atoms with Gasteiger partial charge in [0.2, 0.25) is 0 Å². The fourth-order valence-electron chi connectivity index (χ4n) is 3.32. The van der Waals surface area contributed by atoms with Crippen LogP contribution in [-0.4, -0.2) is 23.3 Å². The summed E-state index contributed by atoms with van der Waals surface area (Å²) in [6.07, 6.45) is 0.474. The summed E-state index contributed by atoms with van der Waals surface area (Å²) < 4.78 is 13.1. The van der Waals surface area contributed by atoms with Crippen LogP contribution in [0.5, 0.6) is 0 Å². The van der Waals surface area contributed by atoms with Crippen LogP contribution in [0.15, 0.2) is 88.7 Å². The van der Waals surface area contributed by atoms with E-state index in [1.807, 2.05) is 61.5 Å². The third-order valence-electron chi connectivity index (χ3n) is 4.97. The molecule has 0 bridgehead atoms. The Labute approximate surface area is 179 Å². The van der Waals surface area contributed by atoms with E-state index in [-0.39, 0.29) is 24.2 Å². The van der Waals surface area contributed by atoms with Gasteiger partial charge in [-0.1, -0.05) is 71.9 Å². The summed E-state index contributed by atoms with van der Waals surface area (Å²) >= 11 is 1.32. The number of aryl methyl sites for hydroxylation is 1. The van der Waals surface area contributed by atoms with Crippen LogP contribution in [0.1, 0.15) is 16.7 Å². The Bertz CT molecular complexity index is 1110. The molecule has 150 valence electrons. The Balaban J connectivity index is 1.64. The maximum Gasteiger partial charge on any atom is 0.268 e. The zero-order valence-electron chi connectivity index (χ0n) is 16.5. The van der Waals surface area contributed by atoms with E-state index in [9.17, 15) is 14.0 Å². The first-order valence-corrected chi connectivity index (χ1v) is 10.5. The summed E-state index contributed by atoms with van der Waals surface area (Å²) in [7, 11) is 0. The monoisotopic (exact) mass is 417 g/mol. The van der Waals surface area contributed by atoms with Crippen molar-refractivity contribution in [2.75, 3.05) is 6.54 Å². The summed E-state index contributed by atoms with van der Waals surface area (Å²) in [5, 5.41) is 0. The van der Waals surface area contributed by atoms with Gasteiger partial charge in [0, 0.05) is 11.4 Å². The number of benzene rings is 3. The molecule has 1 heterocycles.